The molecule has 0 unspecified atom stereocenters. The number of carbonyl (C=O) groups is 2. The molecule has 0 radical (unpaired) electrons. The van der Waals surface area contributed by atoms with Crippen LogP contribution in [0.15, 0.2) is 59.9 Å². The number of benzene rings is 2. The Labute approximate surface area is 155 Å². The van der Waals surface area contributed by atoms with E-state index >= 15 is 0 Å². The Morgan fingerprint density at radius 3 is 2.62 bits per heavy atom. The van der Waals surface area contributed by atoms with Crippen molar-refractivity contribution < 1.29 is 19.4 Å². The van der Waals surface area contributed by atoms with Gasteiger partial charge in [0.15, 0.2) is 5.76 Å². The van der Waals surface area contributed by atoms with Crippen molar-refractivity contribution in [1.29, 1.82) is 0 Å². The van der Waals surface area contributed by atoms with Crippen molar-refractivity contribution in [3.05, 3.63) is 70.4 Å². The van der Waals surface area contributed by atoms with Gasteiger partial charge >= 0.3 is 0 Å². The summed E-state index contributed by atoms with van der Waals surface area (Å²) in [5.74, 6) is -0.238. The van der Waals surface area contributed by atoms with E-state index in [1.807, 2.05) is 12.1 Å². The van der Waals surface area contributed by atoms with Crippen molar-refractivity contribution in [1.82, 2.24) is 10.2 Å². The van der Waals surface area contributed by atoms with E-state index in [0.717, 1.165) is 5.56 Å². The number of likely N-dealkylation sites (N-methyl/N-ethyl adjacent to an activating group) is 1. The molecular weight excluding hydrogens is 356 g/mol. The third kappa shape index (κ3) is 3.97. The second-order valence-electron chi connectivity index (χ2n) is 5.87. The van der Waals surface area contributed by atoms with Crippen molar-refractivity contribution in [2.75, 3.05) is 13.6 Å². The van der Waals surface area contributed by atoms with E-state index < -0.39 is 17.6 Å². The maximum absolute atomic E-state index is 12.2. The molecule has 0 aromatic heterocycles. The third-order valence-electron chi connectivity index (χ3n) is 3.91. The van der Waals surface area contributed by atoms with Gasteiger partial charge in [-0.3, -0.25) is 9.59 Å². The van der Waals surface area contributed by atoms with Gasteiger partial charge in [-0.2, -0.15) is 0 Å². The molecule has 7 heteroatoms. The predicted molar refractivity (Wildman–Crippen MR) is 97.1 cm³/mol. The summed E-state index contributed by atoms with van der Waals surface area (Å²) in [6, 6.07) is 14.3. The van der Waals surface area contributed by atoms with Crippen LogP contribution in [0.25, 0.3) is 0 Å². The van der Waals surface area contributed by atoms with E-state index in [-0.39, 0.29) is 18.7 Å². The molecule has 0 atom stereocenters. The molecule has 134 valence electrons. The standard InChI is InChI=1S/C19H17ClN2O4/c1-22-11-16(17(23)19(22)25)18(24)21-10-12-3-2-4-15(9-12)26-14-7-5-13(20)6-8-14/h2-9,23H,10-11H2,1H3,(H,21,24). The Morgan fingerprint density at radius 2 is 1.96 bits per heavy atom. The zero-order chi connectivity index (χ0) is 18.7. The van der Waals surface area contributed by atoms with Crippen molar-refractivity contribution in [2.45, 2.75) is 6.54 Å². The van der Waals surface area contributed by atoms with Crippen molar-refractivity contribution >= 4 is 23.4 Å². The molecule has 0 bridgehead atoms. The summed E-state index contributed by atoms with van der Waals surface area (Å²) in [4.78, 5) is 25.0. The number of carbonyl (C=O) groups excluding carboxylic acids is 2. The predicted octanol–water partition coefficient (Wildman–Crippen LogP) is 3.03. The van der Waals surface area contributed by atoms with Crippen LogP contribution in [0.2, 0.25) is 5.02 Å². The highest BCUT2D eigenvalue weighted by Gasteiger charge is 2.31. The van der Waals surface area contributed by atoms with Gasteiger partial charge in [-0.25, -0.2) is 0 Å². The maximum Gasteiger partial charge on any atom is 0.289 e. The number of ether oxygens (including phenoxy) is 1. The summed E-state index contributed by atoms with van der Waals surface area (Å²) in [6.45, 7) is 0.335. The quantitative estimate of drug-likeness (QED) is 0.845. The first kappa shape index (κ1) is 17.8. The molecule has 0 aliphatic carbocycles. The highest BCUT2D eigenvalue weighted by molar-refractivity contribution is 6.30. The molecule has 0 saturated carbocycles. The largest absolute Gasteiger partial charge is 0.503 e. The van der Waals surface area contributed by atoms with E-state index in [4.69, 9.17) is 16.3 Å². The van der Waals surface area contributed by atoms with Crippen LogP contribution < -0.4 is 10.1 Å². The summed E-state index contributed by atoms with van der Waals surface area (Å²) in [6.07, 6.45) is 0. The zero-order valence-electron chi connectivity index (χ0n) is 14.0. The fourth-order valence-electron chi connectivity index (χ4n) is 2.52. The number of halogens is 1. The van der Waals surface area contributed by atoms with Crippen LogP contribution in [0.4, 0.5) is 0 Å². The zero-order valence-corrected chi connectivity index (χ0v) is 14.8. The minimum absolute atomic E-state index is 0.0751. The lowest BCUT2D eigenvalue weighted by molar-refractivity contribution is -0.126. The second-order valence-corrected chi connectivity index (χ2v) is 6.31. The fraction of sp³-hybridized carbons (Fsp3) is 0.158. The lowest BCUT2D eigenvalue weighted by Gasteiger charge is -2.10. The Balaban J connectivity index is 1.63. The lowest BCUT2D eigenvalue weighted by atomic mass is 10.2. The average molecular weight is 373 g/mol. The number of hydrogen-bond acceptors (Lipinski definition) is 4. The summed E-state index contributed by atoms with van der Waals surface area (Å²) in [5, 5.41) is 13.1. The Bertz CT molecular complexity index is 877. The first-order chi connectivity index (χ1) is 12.4. The molecule has 0 fully saturated rings. The van der Waals surface area contributed by atoms with Crippen molar-refractivity contribution in [3.63, 3.8) is 0 Å². The molecule has 2 aromatic rings. The lowest BCUT2D eigenvalue weighted by Crippen LogP contribution is -2.27. The van der Waals surface area contributed by atoms with Crippen LogP contribution in [0.1, 0.15) is 5.56 Å². The highest BCUT2D eigenvalue weighted by atomic mass is 35.5. The first-order valence-electron chi connectivity index (χ1n) is 7.92. The summed E-state index contributed by atoms with van der Waals surface area (Å²) in [7, 11) is 1.52. The van der Waals surface area contributed by atoms with Gasteiger partial charge in [0, 0.05) is 18.6 Å². The van der Waals surface area contributed by atoms with Gasteiger partial charge in [-0.1, -0.05) is 23.7 Å². The topological polar surface area (TPSA) is 78.9 Å². The average Bonchev–Trinajstić information content (AvgIpc) is 2.89. The summed E-state index contributed by atoms with van der Waals surface area (Å²) in [5.41, 5.74) is 0.897. The second kappa shape index (κ2) is 7.49. The van der Waals surface area contributed by atoms with Gasteiger partial charge in [0.25, 0.3) is 11.8 Å². The van der Waals surface area contributed by atoms with Crippen LogP contribution >= 0.6 is 11.6 Å². The maximum atomic E-state index is 12.2. The molecule has 1 heterocycles. The number of aliphatic hydroxyl groups excluding tert-OH is 1. The van der Waals surface area contributed by atoms with Gasteiger partial charge < -0.3 is 20.1 Å². The molecule has 2 aromatic carbocycles. The normalized spacial score (nSPS) is 13.9. The molecule has 0 saturated heterocycles. The molecule has 1 aliphatic rings. The van der Waals surface area contributed by atoms with E-state index in [0.29, 0.717) is 16.5 Å². The van der Waals surface area contributed by atoms with Crippen LogP contribution in [0, 0.1) is 0 Å². The first-order valence-corrected chi connectivity index (χ1v) is 8.30. The van der Waals surface area contributed by atoms with Gasteiger partial charge in [0.1, 0.15) is 11.5 Å². The molecule has 2 N–H and O–H groups in total. The van der Waals surface area contributed by atoms with E-state index in [9.17, 15) is 14.7 Å². The van der Waals surface area contributed by atoms with E-state index in [1.54, 1.807) is 36.4 Å². The van der Waals surface area contributed by atoms with Gasteiger partial charge in [-0.05, 0) is 42.0 Å². The number of nitrogens with one attached hydrogen (secondary N) is 1. The minimum atomic E-state index is -0.548. The van der Waals surface area contributed by atoms with Gasteiger partial charge in [0.05, 0.1) is 12.1 Å². The molecule has 2 amide bonds. The molecular formula is C19H17ClN2O4. The SMILES string of the molecule is CN1CC(C(=O)NCc2cccc(Oc3ccc(Cl)cc3)c2)=C(O)C1=O. The van der Waals surface area contributed by atoms with Crippen LogP contribution in [-0.2, 0) is 16.1 Å². The van der Waals surface area contributed by atoms with Crippen molar-refractivity contribution in [2.24, 2.45) is 0 Å². The smallest absolute Gasteiger partial charge is 0.289 e. The number of nitrogens with zero attached hydrogens (tertiary/aromatic N) is 1. The minimum Gasteiger partial charge on any atom is -0.503 e. The molecule has 0 spiro atoms. The molecule has 26 heavy (non-hydrogen) atoms. The van der Waals surface area contributed by atoms with Gasteiger partial charge in [-0.15, -0.1) is 0 Å². The van der Waals surface area contributed by atoms with Crippen LogP contribution in [-0.4, -0.2) is 35.4 Å². The fourth-order valence-corrected chi connectivity index (χ4v) is 2.65. The number of amides is 2. The summed E-state index contributed by atoms with van der Waals surface area (Å²) < 4.78 is 5.75. The Kier molecular flexibility index (Phi) is 5.14. The van der Waals surface area contributed by atoms with Gasteiger partial charge in [0.2, 0.25) is 0 Å². The highest BCUT2D eigenvalue weighted by Crippen LogP contribution is 2.24. The third-order valence-corrected chi connectivity index (χ3v) is 4.16. The number of aliphatic hydroxyl groups is 1. The van der Waals surface area contributed by atoms with E-state index in [2.05, 4.69) is 5.32 Å². The Morgan fingerprint density at radius 1 is 1.23 bits per heavy atom. The molecule has 1 aliphatic heterocycles. The number of hydrogen-bond donors (Lipinski definition) is 2. The van der Waals surface area contributed by atoms with Crippen LogP contribution in [0.5, 0.6) is 11.5 Å². The monoisotopic (exact) mass is 372 g/mol. The molecule has 3 rings (SSSR count). The van der Waals surface area contributed by atoms with Crippen molar-refractivity contribution in [3.8, 4) is 11.5 Å². The summed E-state index contributed by atoms with van der Waals surface area (Å²) >= 11 is 5.85. The molecule has 6 nitrogen and oxygen atoms in total. The Hall–Kier alpha value is -2.99. The van der Waals surface area contributed by atoms with E-state index in [1.165, 1.54) is 11.9 Å². The van der Waals surface area contributed by atoms with Crippen LogP contribution in [0.3, 0.4) is 0 Å². The number of rotatable bonds is 5.